The third kappa shape index (κ3) is 5.63. The Balaban J connectivity index is 2.39. The standard InChI is InChI=1S/C14H27N3O/c1-4-5-12(8-9-15)6-7-14-16-13(17-18-14)10-11(2)3/h11-12H,4-10,15H2,1-3H3. The highest BCUT2D eigenvalue weighted by Gasteiger charge is 2.11. The first-order valence-electron chi connectivity index (χ1n) is 7.17. The first-order chi connectivity index (χ1) is 8.65. The summed E-state index contributed by atoms with van der Waals surface area (Å²) in [6, 6.07) is 0. The SMILES string of the molecule is CCCC(CCN)CCc1nc(CC(C)C)no1. The van der Waals surface area contributed by atoms with Gasteiger partial charge in [-0.1, -0.05) is 38.8 Å². The summed E-state index contributed by atoms with van der Waals surface area (Å²) in [4.78, 5) is 4.43. The zero-order valence-electron chi connectivity index (χ0n) is 12.0. The molecule has 2 N–H and O–H groups in total. The lowest BCUT2D eigenvalue weighted by Gasteiger charge is -2.13. The average Bonchev–Trinajstić information content (AvgIpc) is 2.73. The maximum atomic E-state index is 5.64. The van der Waals surface area contributed by atoms with Gasteiger partial charge in [-0.15, -0.1) is 0 Å². The van der Waals surface area contributed by atoms with Crippen LogP contribution in [-0.2, 0) is 12.8 Å². The van der Waals surface area contributed by atoms with Gasteiger partial charge in [0.05, 0.1) is 0 Å². The van der Waals surface area contributed by atoms with Crippen molar-refractivity contribution in [1.82, 2.24) is 10.1 Å². The number of aryl methyl sites for hydroxylation is 1. The van der Waals surface area contributed by atoms with Crippen molar-refractivity contribution >= 4 is 0 Å². The molecule has 0 amide bonds. The highest BCUT2D eigenvalue weighted by atomic mass is 16.5. The van der Waals surface area contributed by atoms with Gasteiger partial charge < -0.3 is 10.3 Å². The summed E-state index contributed by atoms with van der Waals surface area (Å²) in [6.07, 6.45) is 6.44. The van der Waals surface area contributed by atoms with Crippen LogP contribution in [0.25, 0.3) is 0 Å². The molecule has 1 aromatic rings. The van der Waals surface area contributed by atoms with E-state index in [1.165, 1.54) is 12.8 Å². The van der Waals surface area contributed by atoms with Gasteiger partial charge in [0.15, 0.2) is 5.82 Å². The lowest BCUT2D eigenvalue weighted by molar-refractivity contribution is 0.345. The van der Waals surface area contributed by atoms with E-state index in [1.54, 1.807) is 0 Å². The fourth-order valence-electron chi connectivity index (χ4n) is 2.24. The van der Waals surface area contributed by atoms with E-state index in [0.717, 1.165) is 43.9 Å². The second kappa shape index (κ2) is 8.25. The molecule has 1 unspecified atom stereocenters. The van der Waals surface area contributed by atoms with E-state index >= 15 is 0 Å². The minimum atomic E-state index is 0.570. The molecule has 1 aromatic heterocycles. The van der Waals surface area contributed by atoms with Crippen LogP contribution in [-0.4, -0.2) is 16.7 Å². The van der Waals surface area contributed by atoms with Gasteiger partial charge in [-0.05, 0) is 31.2 Å². The van der Waals surface area contributed by atoms with Crippen molar-refractivity contribution in [3.63, 3.8) is 0 Å². The molecule has 4 heteroatoms. The number of rotatable bonds is 9. The summed E-state index contributed by atoms with van der Waals surface area (Å²) in [5.41, 5.74) is 5.64. The summed E-state index contributed by atoms with van der Waals surface area (Å²) >= 11 is 0. The topological polar surface area (TPSA) is 64.9 Å². The molecular formula is C14H27N3O. The van der Waals surface area contributed by atoms with E-state index in [0.29, 0.717) is 11.8 Å². The van der Waals surface area contributed by atoms with E-state index in [2.05, 4.69) is 30.9 Å². The molecule has 4 nitrogen and oxygen atoms in total. The number of hydrogen-bond acceptors (Lipinski definition) is 4. The van der Waals surface area contributed by atoms with Crippen LogP contribution in [0.4, 0.5) is 0 Å². The van der Waals surface area contributed by atoms with Crippen LogP contribution < -0.4 is 5.73 Å². The van der Waals surface area contributed by atoms with Crippen LogP contribution >= 0.6 is 0 Å². The molecule has 0 saturated heterocycles. The molecule has 0 spiro atoms. The molecule has 104 valence electrons. The number of nitrogens with two attached hydrogens (primary N) is 1. The van der Waals surface area contributed by atoms with Crippen molar-refractivity contribution in [3.05, 3.63) is 11.7 Å². The Kier molecular flexibility index (Phi) is 6.94. The second-order valence-corrected chi connectivity index (χ2v) is 5.47. The van der Waals surface area contributed by atoms with E-state index < -0.39 is 0 Å². The Morgan fingerprint density at radius 3 is 2.61 bits per heavy atom. The number of aromatic nitrogens is 2. The Labute approximate surface area is 110 Å². The number of hydrogen-bond donors (Lipinski definition) is 1. The van der Waals surface area contributed by atoms with Crippen LogP contribution in [0, 0.1) is 11.8 Å². The molecule has 1 heterocycles. The lowest BCUT2D eigenvalue weighted by atomic mass is 9.94. The molecule has 1 atom stereocenters. The molecular weight excluding hydrogens is 226 g/mol. The van der Waals surface area contributed by atoms with Crippen LogP contribution in [0.1, 0.15) is 58.2 Å². The zero-order valence-corrected chi connectivity index (χ0v) is 12.0. The van der Waals surface area contributed by atoms with Crippen molar-refractivity contribution in [2.75, 3.05) is 6.54 Å². The van der Waals surface area contributed by atoms with Gasteiger partial charge in [0.25, 0.3) is 0 Å². The Hall–Kier alpha value is -0.900. The highest BCUT2D eigenvalue weighted by Crippen LogP contribution is 2.17. The molecule has 0 bridgehead atoms. The van der Waals surface area contributed by atoms with Gasteiger partial charge in [0.1, 0.15) is 0 Å². The van der Waals surface area contributed by atoms with Crippen LogP contribution in [0.15, 0.2) is 4.52 Å². The number of nitrogens with zero attached hydrogens (tertiary/aromatic N) is 2. The largest absolute Gasteiger partial charge is 0.339 e. The van der Waals surface area contributed by atoms with E-state index in [-0.39, 0.29) is 0 Å². The summed E-state index contributed by atoms with van der Waals surface area (Å²) in [6.45, 7) is 7.31. The van der Waals surface area contributed by atoms with Gasteiger partial charge >= 0.3 is 0 Å². The van der Waals surface area contributed by atoms with Gasteiger partial charge in [-0.2, -0.15) is 4.98 Å². The van der Waals surface area contributed by atoms with Crippen molar-refractivity contribution < 1.29 is 4.52 Å². The summed E-state index contributed by atoms with van der Waals surface area (Å²) in [7, 11) is 0. The van der Waals surface area contributed by atoms with Crippen molar-refractivity contribution in [2.24, 2.45) is 17.6 Å². The summed E-state index contributed by atoms with van der Waals surface area (Å²) in [5, 5.41) is 4.02. The van der Waals surface area contributed by atoms with Crippen LogP contribution in [0.2, 0.25) is 0 Å². The quantitative estimate of drug-likeness (QED) is 0.735. The van der Waals surface area contributed by atoms with Gasteiger partial charge in [0, 0.05) is 12.8 Å². The van der Waals surface area contributed by atoms with Crippen LogP contribution in [0.3, 0.4) is 0 Å². The predicted molar refractivity (Wildman–Crippen MR) is 73.2 cm³/mol. The Morgan fingerprint density at radius 2 is 2.00 bits per heavy atom. The summed E-state index contributed by atoms with van der Waals surface area (Å²) in [5.74, 6) is 2.88. The lowest BCUT2D eigenvalue weighted by Crippen LogP contribution is -2.09. The van der Waals surface area contributed by atoms with E-state index in [9.17, 15) is 0 Å². The van der Waals surface area contributed by atoms with Crippen molar-refractivity contribution in [3.8, 4) is 0 Å². The zero-order chi connectivity index (χ0) is 13.4. The molecule has 18 heavy (non-hydrogen) atoms. The maximum absolute atomic E-state index is 5.64. The highest BCUT2D eigenvalue weighted by molar-refractivity contribution is 4.88. The minimum absolute atomic E-state index is 0.570. The molecule has 0 fully saturated rings. The predicted octanol–water partition coefficient (Wildman–Crippen LogP) is 2.97. The fourth-order valence-corrected chi connectivity index (χ4v) is 2.24. The van der Waals surface area contributed by atoms with Gasteiger partial charge in [-0.3, -0.25) is 0 Å². The van der Waals surface area contributed by atoms with E-state index in [4.69, 9.17) is 10.3 Å². The smallest absolute Gasteiger partial charge is 0.226 e. The maximum Gasteiger partial charge on any atom is 0.226 e. The molecule has 0 aliphatic rings. The minimum Gasteiger partial charge on any atom is -0.339 e. The van der Waals surface area contributed by atoms with Gasteiger partial charge in [-0.25, -0.2) is 0 Å². The summed E-state index contributed by atoms with van der Waals surface area (Å²) < 4.78 is 5.28. The Morgan fingerprint density at radius 1 is 1.22 bits per heavy atom. The normalized spacial score (nSPS) is 13.2. The Bertz CT molecular complexity index is 317. The van der Waals surface area contributed by atoms with Crippen molar-refractivity contribution in [2.45, 2.75) is 59.3 Å². The van der Waals surface area contributed by atoms with E-state index in [1.807, 2.05) is 0 Å². The van der Waals surface area contributed by atoms with Crippen LogP contribution in [0.5, 0.6) is 0 Å². The molecule has 1 rings (SSSR count). The van der Waals surface area contributed by atoms with Gasteiger partial charge in [0.2, 0.25) is 5.89 Å². The molecule has 0 aliphatic heterocycles. The average molecular weight is 253 g/mol. The monoisotopic (exact) mass is 253 g/mol. The fraction of sp³-hybridized carbons (Fsp3) is 0.857. The third-order valence-electron chi connectivity index (χ3n) is 3.14. The molecule has 0 saturated carbocycles. The molecule has 0 aromatic carbocycles. The van der Waals surface area contributed by atoms with Crippen molar-refractivity contribution in [1.29, 1.82) is 0 Å². The molecule has 0 radical (unpaired) electrons. The second-order valence-electron chi connectivity index (χ2n) is 5.47. The first kappa shape index (κ1) is 15.2. The first-order valence-corrected chi connectivity index (χ1v) is 7.17. The molecule has 0 aliphatic carbocycles. The third-order valence-corrected chi connectivity index (χ3v) is 3.14.